The number of hydrogen-bond donors (Lipinski definition) is 1. The zero-order valence-electron chi connectivity index (χ0n) is 18.1. The number of fused-ring (bicyclic) bond motifs is 1. The van der Waals surface area contributed by atoms with Crippen molar-refractivity contribution >= 4 is 17.5 Å². The predicted molar refractivity (Wildman–Crippen MR) is 123 cm³/mol. The topological polar surface area (TPSA) is 107 Å². The molecule has 1 fully saturated rings. The Labute approximate surface area is 191 Å². The molecule has 0 atom stereocenters. The van der Waals surface area contributed by atoms with Crippen molar-refractivity contribution < 1.29 is 9.53 Å². The zero-order valence-corrected chi connectivity index (χ0v) is 18.1. The van der Waals surface area contributed by atoms with Crippen LogP contribution in [0.1, 0.15) is 16.8 Å². The molecule has 0 saturated carbocycles. The van der Waals surface area contributed by atoms with Crippen molar-refractivity contribution in [1.82, 2.24) is 19.9 Å². The second kappa shape index (κ2) is 9.22. The molecule has 9 heteroatoms. The van der Waals surface area contributed by atoms with Gasteiger partial charge < -0.3 is 19.9 Å². The van der Waals surface area contributed by atoms with E-state index in [1.807, 2.05) is 12.1 Å². The van der Waals surface area contributed by atoms with Crippen LogP contribution in [0.3, 0.4) is 0 Å². The quantitative estimate of drug-likeness (QED) is 0.666. The van der Waals surface area contributed by atoms with Gasteiger partial charge >= 0.3 is 6.03 Å². The second-order valence-corrected chi connectivity index (χ2v) is 7.93. The molecule has 0 spiro atoms. The van der Waals surface area contributed by atoms with Crippen LogP contribution >= 0.6 is 0 Å². The van der Waals surface area contributed by atoms with Gasteiger partial charge in [0.2, 0.25) is 0 Å². The van der Waals surface area contributed by atoms with Crippen molar-refractivity contribution in [2.75, 3.05) is 43.1 Å². The van der Waals surface area contributed by atoms with Gasteiger partial charge in [-0.2, -0.15) is 5.26 Å². The van der Waals surface area contributed by atoms with Crippen LogP contribution < -0.4 is 10.2 Å². The first-order chi connectivity index (χ1) is 16.2. The Morgan fingerprint density at radius 3 is 2.79 bits per heavy atom. The Morgan fingerprint density at radius 2 is 2.00 bits per heavy atom. The molecule has 166 valence electrons. The number of nitrogens with one attached hydrogen (secondary N) is 1. The number of benzene rings is 1. The van der Waals surface area contributed by atoms with Crippen LogP contribution in [-0.4, -0.2) is 58.7 Å². The summed E-state index contributed by atoms with van der Waals surface area (Å²) in [5.74, 6) is 1.50. The zero-order chi connectivity index (χ0) is 22.6. The van der Waals surface area contributed by atoms with Crippen LogP contribution in [0.4, 0.5) is 16.3 Å². The molecule has 2 amide bonds. The lowest BCUT2D eigenvalue weighted by Gasteiger charge is -2.34. The SMILES string of the molecule is N#Cc1cccc(NC(=O)N2CCc3nc(-c4cccnc4)nc(N4CCOCC4)c3C2)c1. The molecule has 1 saturated heterocycles. The number of nitriles is 1. The summed E-state index contributed by atoms with van der Waals surface area (Å²) in [6.07, 6.45) is 4.13. The van der Waals surface area contributed by atoms with Crippen molar-refractivity contribution in [3.05, 3.63) is 65.6 Å². The van der Waals surface area contributed by atoms with E-state index in [1.54, 1.807) is 41.6 Å². The van der Waals surface area contributed by atoms with Gasteiger partial charge in [0.25, 0.3) is 0 Å². The standard InChI is InChI=1S/C24H23N7O2/c25-14-17-3-1-5-19(13-17)27-24(32)31-8-6-21-20(16-31)23(30-9-11-33-12-10-30)29-22(28-21)18-4-2-7-26-15-18/h1-5,7,13,15H,6,8-12,16H2,(H,27,32). The number of hydrogen-bond acceptors (Lipinski definition) is 7. The highest BCUT2D eigenvalue weighted by atomic mass is 16.5. The molecular formula is C24H23N7O2. The van der Waals surface area contributed by atoms with E-state index in [4.69, 9.17) is 20.0 Å². The van der Waals surface area contributed by atoms with Crippen molar-refractivity contribution in [3.63, 3.8) is 0 Å². The van der Waals surface area contributed by atoms with E-state index in [0.717, 1.165) is 35.7 Å². The van der Waals surface area contributed by atoms with Crippen LogP contribution in [0.2, 0.25) is 0 Å². The van der Waals surface area contributed by atoms with Crippen LogP contribution in [0.5, 0.6) is 0 Å². The van der Waals surface area contributed by atoms with E-state index >= 15 is 0 Å². The minimum absolute atomic E-state index is 0.208. The lowest BCUT2D eigenvalue weighted by atomic mass is 10.0. The summed E-state index contributed by atoms with van der Waals surface area (Å²) >= 11 is 0. The number of pyridine rings is 1. The number of nitrogens with zero attached hydrogens (tertiary/aromatic N) is 6. The Hall–Kier alpha value is -4.03. The molecule has 2 aromatic heterocycles. The Morgan fingerprint density at radius 1 is 1.12 bits per heavy atom. The largest absolute Gasteiger partial charge is 0.378 e. The molecule has 3 aromatic rings. The fourth-order valence-corrected chi connectivity index (χ4v) is 4.10. The fraction of sp³-hybridized carbons (Fsp3) is 0.292. The Kier molecular flexibility index (Phi) is 5.83. The Balaban J connectivity index is 1.44. The van der Waals surface area contributed by atoms with Gasteiger partial charge in [-0.3, -0.25) is 4.98 Å². The number of carbonyl (C=O) groups is 1. The summed E-state index contributed by atoms with van der Waals surface area (Å²) < 4.78 is 5.53. The highest BCUT2D eigenvalue weighted by molar-refractivity contribution is 5.89. The van der Waals surface area contributed by atoms with Crippen molar-refractivity contribution in [1.29, 1.82) is 5.26 Å². The molecule has 0 radical (unpaired) electrons. The number of rotatable bonds is 3. The number of aromatic nitrogens is 3. The molecule has 2 aliphatic heterocycles. The number of anilines is 2. The summed E-state index contributed by atoms with van der Waals surface area (Å²) in [5, 5.41) is 12.0. The molecular weight excluding hydrogens is 418 g/mol. The number of morpholine rings is 1. The normalized spacial score (nSPS) is 15.5. The monoisotopic (exact) mass is 441 g/mol. The van der Waals surface area contributed by atoms with Gasteiger partial charge in [-0.15, -0.1) is 0 Å². The maximum Gasteiger partial charge on any atom is 0.322 e. The average molecular weight is 441 g/mol. The fourth-order valence-electron chi connectivity index (χ4n) is 4.10. The average Bonchev–Trinajstić information content (AvgIpc) is 2.89. The highest BCUT2D eigenvalue weighted by Gasteiger charge is 2.28. The predicted octanol–water partition coefficient (Wildman–Crippen LogP) is 2.84. The second-order valence-electron chi connectivity index (χ2n) is 7.93. The molecule has 0 unspecified atom stereocenters. The maximum atomic E-state index is 13.0. The van der Waals surface area contributed by atoms with E-state index in [1.165, 1.54) is 0 Å². The number of urea groups is 1. The van der Waals surface area contributed by atoms with Crippen molar-refractivity contribution in [2.45, 2.75) is 13.0 Å². The summed E-state index contributed by atoms with van der Waals surface area (Å²) in [6.45, 7) is 3.72. The summed E-state index contributed by atoms with van der Waals surface area (Å²) in [5.41, 5.74) is 3.90. The number of carbonyl (C=O) groups excluding carboxylic acids is 1. The maximum absolute atomic E-state index is 13.0. The van der Waals surface area contributed by atoms with E-state index in [-0.39, 0.29) is 6.03 Å². The first kappa shape index (κ1) is 20.8. The van der Waals surface area contributed by atoms with Gasteiger partial charge in [0.15, 0.2) is 5.82 Å². The third-order valence-corrected chi connectivity index (χ3v) is 5.80. The lowest BCUT2D eigenvalue weighted by Crippen LogP contribution is -2.42. The van der Waals surface area contributed by atoms with Crippen LogP contribution in [0, 0.1) is 11.3 Å². The third-order valence-electron chi connectivity index (χ3n) is 5.80. The molecule has 5 rings (SSSR count). The van der Waals surface area contributed by atoms with Crippen molar-refractivity contribution in [3.8, 4) is 17.5 Å². The van der Waals surface area contributed by atoms with Gasteiger partial charge in [-0.1, -0.05) is 6.07 Å². The van der Waals surface area contributed by atoms with Gasteiger partial charge in [-0.05, 0) is 30.3 Å². The minimum atomic E-state index is -0.208. The minimum Gasteiger partial charge on any atom is -0.378 e. The molecule has 33 heavy (non-hydrogen) atoms. The molecule has 0 bridgehead atoms. The molecule has 0 aliphatic carbocycles. The number of ether oxygens (including phenoxy) is 1. The van der Waals surface area contributed by atoms with Gasteiger partial charge in [0, 0.05) is 55.3 Å². The van der Waals surface area contributed by atoms with Gasteiger partial charge in [0.05, 0.1) is 37.1 Å². The van der Waals surface area contributed by atoms with Crippen LogP contribution in [0.25, 0.3) is 11.4 Å². The molecule has 2 aliphatic rings. The summed E-state index contributed by atoms with van der Waals surface area (Å²) in [7, 11) is 0. The molecule has 1 aromatic carbocycles. The van der Waals surface area contributed by atoms with Gasteiger partial charge in [0.1, 0.15) is 5.82 Å². The first-order valence-corrected chi connectivity index (χ1v) is 10.9. The highest BCUT2D eigenvalue weighted by Crippen LogP contribution is 2.30. The van der Waals surface area contributed by atoms with Crippen LogP contribution in [0.15, 0.2) is 48.8 Å². The van der Waals surface area contributed by atoms with E-state index < -0.39 is 0 Å². The number of amides is 2. The third kappa shape index (κ3) is 4.47. The van der Waals surface area contributed by atoms with Crippen LogP contribution in [-0.2, 0) is 17.7 Å². The Bertz CT molecular complexity index is 1200. The smallest absolute Gasteiger partial charge is 0.322 e. The summed E-state index contributed by atoms with van der Waals surface area (Å²) in [4.78, 5) is 30.9. The van der Waals surface area contributed by atoms with Crippen molar-refractivity contribution in [2.24, 2.45) is 0 Å². The van der Waals surface area contributed by atoms with E-state index in [9.17, 15) is 4.79 Å². The first-order valence-electron chi connectivity index (χ1n) is 10.9. The van der Waals surface area contributed by atoms with E-state index in [2.05, 4.69) is 21.3 Å². The summed E-state index contributed by atoms with van der Waals surface area (Å²) in [6, 6.07) is 12.6. The molecule has 9 nitrogen and oxygen atoms in total. The molecule has 1 N–H and O–H groups in total. The lowest BCUT2D eigenvalue weighted by molar-refractivity contribution is 0.122. The van der Waals surface area contributed by atoms with Gasteiger partial charge in [-0.25, -0.2) is 14.8 Å². The molecule has 4 heterocycles. The van der Waals surface area contributed by atoms with E-state index in [0.29, 0.717) is 49.8 Å².